The van der Waals surface area contributed by atoms with Crippen molar-refractivity contribution >= 4 is 11.9 Å². The number of nitrogens with one attached hydrogen (secondary N) is 3. The second kappa shape index (κ2) is 4.54. The van der Waals surface area contributed by atoms with E-state index in [0.717, 1.165) is 0 Å². The summed E-state index contributed by atoms with van der Waals surface area (Å²) in [5.41, 5.74) is 5.02. The van der Waals surface area contributed by atoms with Crippen molar-refractivity contribution in [1.29, 1.82) is 5.41 Å². The molecule has 0 aromatic carbocycles. The Kier molecular flexibility index (Phi) is 4.02. The summed E-state index contributed by atoms with van der Waals surface area (Å²) in [6.45, 7) is 2.16. The molecule has 1 atom stereocenters. The molecule has 0 aromatic heterocycles. The summed E-state index contributed by atoms with van der Waals surface area (Å²) in [4.78, 5) is 10.9. The maximum Gasteiger partial charge on any atom is 0.224 e. The molecule has 5 nitrogen and oxygen atoms in total. The van der Waals surface area contributed by atoms with Gasteiger partial charge in [-0.3, -0.25) is 10.2 Å². The van der Waals surface area contributed by atoms with Gasteiger partial charge in [0.25, 0.3) is 0 Å². The Morgan fingerprint density at radius 2 is 2.27 bits per heavy atom. The molecule has 0 aliphatic heterocycles. The molecule has 0 spiro atoms. The van der Waals surface area contributed by atoms with Gasteiger partial charge in [-0.25, -0.2) is 0 Å². The Hall–Kier alpha value is -1.26. The summed E-state index contributed by atoms with van der Waals surface area (Å²) in [5.74, 6) is -0.330. The van der Waals surface area contributed by atoms with Crippen LogP contribution in [0, 0.1) is 11.3 Å². The van der Waals surface area contributed by atoms with Crippen molar-refractivity contribution in [3.05, 3.63) is 0 Å². The van der Waals surface area contributed by atoms with Crippen molar-refractivity contribution in [3.63, 3.8) is 0 Å². The fourth-order valence-electron chi connectivity index (χ4n) is 0.602. The van der Waals surface area contributed by atoms with Crippen LogP contribution in [0.3, 0.4) is 0 Å². The summed E-state index contributed by atoms with van der Waals surface area (Å²) in [6, 6.07) is 0. The van der Waals surface area contributed by atoms with E-state index in [9.17, 15) is 4.79 Å². The number of rotatable bonds is 3. The van der Waals surface area contributed by atoms with Crippen LogP contribution in [0.2, 0.25) is 0 Å². The first-order chi connectivity index (χ1) is 5.07. The smallest absolute Gasteiger partial charge is 0.224 e. The van der Waals surface area contributed by atoms with E-state index in [4.69, 9.17) is 11.1 Å². The van der Waals surface area contributed by atoms with Crippen LogP contribution >= 0.6 is 0 Å². The van der Waals surface area contributed by atoms with Gasteiger partial charge in [-0.2, -0.15) is 0 Å². The molecule has 64 valence electrons. The molecule has 5 N–H and O–H groups in total. The number of nitrogens with two attached hydrogens (primary N) is 1. The second-order valence-electron chi connectivity index (χ2n) is 2.31. The van der Waals surface area contributed by atoms with Gasteiger partial charge >= 0.3 is 0 Å². The highest BCUT2D eigenvalue weighted by Crippen LogP contribution is 1.90. The van der Waals surface area contributed by atoms with E-state index < -0.39 is 0 Å². The molecule has 0 rings (SSSR count). The monoisotopic (exact) mass is 158 g/mol. The van der Waals surface area contributed by atoms with Crippen LogP contribution < -0.4 is 16.4 Å². The molecule has 0 aromatic rings. The van der Waals surface area contributed by atoms with Gasteiger partial charge in [-0.1, -0.05) is 6.92 Å². The molecule has 0 saturated carbocycles. The zero-order valence-corrected chi connectivity index (χ0v) is 6.77. The molecule has 0 fully saturated rings. The Labute approximate surface area is 65.9 Å². The van der Waals surface area contributed by atoms with E-state index in [-0.39, 0.29) is 17.8 Å². The van der Waals surface area contributed by atoms with Gasteiger partial charge in [-0.15, -0.1) is 0 Å². The number of carbonyl (C=O) groups excluding carboxylic acids is 1. The molecule has 0 aliphatic carbocycles. The number of amides is 1. The van der Waals surface area contributed by atoms with Gasteiger partial charge in [0.1, 0.15) is 0 Å². The van der Waals surface area contributed by atoms with Crippen molar-refractivity contribution in [3.8, 4) is 0 Å². The Morgan fingerprint density at radius 3 is 2.64 bits per heavy atom. The van der Waals surface area contributed by atoms with E-state index in [2.05, 4.69) is 10.6 Å². The van der Waals surface area contributed by atoms with Crippen LogP contribution in [0.4, 0.5) is 0 Å². The summed E-state index contributed by atoms with van der Waals surface area (Å²) in [7, 11) is 1.58. The predicted octanol–water partition coefficient (Wildman–Crippen LogP) is -1.15. The van der Waals surface area contributed by atoms with Gasteiger partial charge < -0.3 is 16.4 Å². The molecule has 0 aliphatic rings. The highest BCUT2D eigenvalue weighted by atomic mass is 16.1. The van der Waals surface area contributed by atoms with Crippen LogP contribution in [0.1, 0.15) is 6.92 Å². The van der Waals surface area contributed by atoms with Gasteiger partial charge in [0.2, 0.25) is 5.91 Å². The van der Waals surface area contributed by atoms with E-state index in [1.807, 2.05) is 0 Å². The molecular weight excluding hydrogens is 144 g/mol. The minimum absolute atomic E-state index is 0.0567. The summed E-state index contributed by atoms with van der Waals surface area (Å²) < 4.78 is 0. The standard InChI is InChI=1S/C6H14N4O/c1-4(5(11)9-2)3-10-6(7)8/h4H,3H2,1-2H3,(H,9,11)(H4,7,8,10)/t4-/m0/s1. The second-order valence-corrected chi connectivity index (χ2v) is 2.31. The Morgan fingerprint density at radius 1 is 1.73 bits per heavy atom. The first kappa shape index (κ1) is 9.74. The van der Waals surface area contributed by atoms with Crippen LogP contribution in [0.5, 0.6) is 0 Å². The summed E-state index contributed by atoms with van der Waals surface area (Å²) in [5, 5.41) is 11.9. The summed E-state index contributed by atoms with van der Waals surface area (Å²) >= 11 is 0. The molecule has 5 heteroatoms. The SMILES string of the molecule is CNC(=O)[C@@H](C)CNC(=N)N. The lowest BCUT2D eigenvalue weighted by molar-refractivity contribution is -0.123. The van der Waals surface area contributed by atoms with Gasteiger partial charge in [0.15, 0.2) is 5.96 Å². The third kappa shape index (κ3) is 4.19. The number of hydrogen-bond donors (Lipinski definition) is 4. The van der Waals surface area contributed by atoms with Crippen LogP contribution in [-0.2, 0) is 4.79 Å². The average molecular weight is 158 g/mol. The zero-order chi connectivity index (χ0) is 8.85. The summed E-state index contributed by atoms with van der Waals surface area (Å²) in [6.07, 6.45) is 0. The molecule has 0 radical (unpaired) electrons. The molecular formula is C6H14N4O. The lowest BCUT2D eigenvalue weighted by Crippen LogP contribution is -2.38. The minimum atomic E-state index is -0.163. The van der Waals surface area contributed by atoms with Crippen LogP contribution in [0.25, 0.3) is 0 Å². The van der Waals surface area contributed by atoms with E-state index in [1.54, 1.807) is 14.0 Å². The van der Waals surface area contributed by atoms with Gasteiger partial charge in [0, 0.05) is 13.6 Å². The quantitative estimate of drug-likeness (QED) is 0.309. The van der Waals surface area contributed by atoms with Crippen molar-refractivity contribution in [1.82, 2.24) is 10.6 Å². The molecule has 1 amide bonds. The topological polar surface area (TPSA) is 91.0 Å². The molecule has 11 heavy (non-hydrogen) atoms. The van der Waals surface area contributed by atoms with Gasteiger partial charge in [-0.05, 0) is 0 Å². The van der Waals surface area contributed by atoms with E-state index in [0.29, 0.717) is 6.54 Å². The molecule has 0 saturated heterocycles. The number of hydrogen-bond acceptors (Lipinski definition) is 2. The van der Waals surface area contributed by atoms with E-state index >= 15 is 0 Å². The molecule has 0 bridgehead atoms. The fraction of sp³-hybridized carbons (Fsp3) is 0.667. The minimum Gasteiger partial charge on any atom is -0.370 e. The highest BCUT2D eigenvalue weighted by Gasteiger charge is 2.09. The lowest BCUT2D eigenvalue weighted by atomic mass is 10.2. The third-order valence-corrected chi connectivity index (χ3v) is 1.29. The normalized spacial score (nSPS) is 11.8. The maximum absolute atomic E-state index is 10.9. The molecule has 0 heterocycles. The predicted molar refractivity (Wildman–Crippen MR) is 43.1 cm³/mol. The van der Waals surface area contributed by atoms with Crippen LogP contribution in [0.15, 0.2) is 0 Å². The lowest BCUT2D eigenvalue weighted by Gasteiger charge is -2.09. The first-order valence-electron chi connectivity index (χ1n) is 3.37. The third-order valence-electron chi connectivity index (χ3n) is 1.29. The fourth-order valence-corrected chi connectivity index (χ4v) is 0.602. The van der Waals surface area contributed by atoms with Crippen LogP contribution in [-0.4, -0.2) is 25.5 Å². The van der Waals surface area contributed by atoms with Crippen molar-refractivity contribution in [2.45, 2.75) is 6.92 Å². The number of carbonyl (C=O) groups is 1. The van der Waals surface area contributed by atoms with Crippen molar-refractivity contribution in [2.24, 2.45) is 11.7 Å². The maximum atomic E-state index is 10.9. The van der Waals surface area contributed by atoms with Crippen molar-refractivity contribution < 1.29 is 4.79 Å². The highest BCUT2D eigenvalue weighted by molar-refractivity contribution is 5.79. The average Bonchev–Trinajstić information content (AvgIpc) is 1.98. The largest absolute Gasteiger partial charge is 0.370 e. The Bertz CT molecular complexity index is 157. The van der Waals surface area contributed by atoms with E-state index in [1.165, 1.54) is 0 Å². The molecule has 0 unspecified atom stereocenters. The number of guanidine groups is 1. The first-order valence-corrected chi connectivity index (χ1v) is 3.37. The van der Waals surface area contributed by atoms with Gasteiger partial charge in [0.05, 0.1) is 5.92 Å². The van der Waals surface area contributed by atoms with Crippen molar-refractivity contribution in [2.75, 3.05) is 13.6 Å². The Balaban J connectivity index is 3.60. The zero-order valence-electron chi connectivity index (χ0n) is 6.77.